The summed E-state index contributed by atoms with van der Waals surface area (Å²) in [6.07, 6.45) is 1.53. The number of hydrazone groups is 1. The van der Waals surface area contributed by atoms with Gasteiger partial charge < -0.3 is 20.0 Å². The smallest absolute Gasteiger partial charge is 0.283 e. The van der Waals surface area contributed by atoms with Crippen molar-refractivity contribution < 1.29 is 23.0 Å². The molecule has 1 heterocycles. The standard InChI is InChI=1S/C17H17N3O5S/c1-24-12-4-6-17-13(8-12)14(20-26(17,22)23)10-19-18-9-11-3-5-15(21)16(7-11)25-2/h3-9,19,21H,10H2,1-2H3/b18-9+. The minimum Gasteiger partial charge on any atom is -0.504 e. The van der Waals surface area contributed by atoms with Gasteiger partial charge in [0.25, 0.3) is 10.0 Å². The van der Waals surface area contributed by atoms with E-state index in [4.69, 9.17) is 9.47 Å². The summed E-state index contributed by atoms with van der Waals surface area (Å²) in [5.41, 5.74) is 4.34. The number of sulfonamides is 1. The molecule has 9 heteroatoms. The summed E-state index contributed by atoms with van der Waals surface area (Å²) in [5, 5.41) is 13.6. The van der Waals surface area contributed by atoms with Crippen LogP contribution in [0.3, 0.4) is 0 Å². The van der Waals surface area contributed by atoms with E-state index >= 15 is 0 Å². The number of benzene rings is 2. The second-order valence-electron chi connectivity index (χ2n) is 5.40. The Hall–Kier alpha value is -3.07. The summed E-state index contributed by atoms with van der Waals surface area (Å²) in [7, 11) is -0.719. The van der Waals surface area contributed by atoms with E-state index in [9.17, 15) is 13.5 Å². The molecule has 3 rings (SSSR count). The molecule has 0 amide bonds. The molecule has 26 heavy (non-hydrogen) atoms. The van der Waals surface area contributed by atoms with E-state index in [2.05, 4.69) is 14.9 Å². The lowest BCUT2D eigenvalue weighted by Crippen LogP contribution is -2.18. The second kappa shape index (κ2) is 7.04. The summed E-state index contributed by atoms with van der Waals surface area (Å²) < 4.78 is 38.1. The molecule has 0 spiro atoms. The van der Waals surface area contributed by atoms with Crippen molar-refractivity contribution in [1.29, 1.82) is 0 Å². The van der Waals surface area contributed by atoms with Crippen LogP contribution in [0.5, 0.6) is 17.2 Å². The van der Waals surface area contributed by atoms with Crippen LogP contribution < -0.4 is 14.9 Å². The van der Waals surface area contributed by atoms with Gasteiger partial charge in [0.15, 0.2) is 11.5 Å². The number of aromatic hydroxyl groups is 1. The highest BCUT2D eigenvalue weighted by Crippen LogP contribution is 2.29. The van der Waals surface area contributed by atoms with Crippen LogP contribution in [0.2, 0.25) is 0 Å². The maximum absolute atomic E-state index is 12.1. The zero-order chi connectivity index (χ0) is 18.7. The number of nitrogens with zero attached hydrogens (tertiary/aromatic N) is 2. The zero-order valence-electron chi connectivity index (χ0n) is 14.1. The number of phenolic OH excluding ortho intramolecular Hbond substituents is 1. The van der Waals surface area contributed by atoms with E-state index in [1.54, 1.807) is 24.3 Å². The Kier molecular flexibility index (Phi) is 4.81. The molecule has 1 aliphatic rings. The van der Waals surface area contributed by atoms with Crippen molar-refractivity contribution in [3.63, 3.8) is 0 Å². The van der Waals surface area contributed by atoms with E-state index in [0.29, 0.717) is 28.3 Å². The molecule has 0 aromatic heterocycles. The number of hydrogen-bond donors (Lipinski definition) is 2. The second-order valence-corrected chi connectivity index (χ2v) is 6.97. The van der Waals surface area contributed by atoms with Crippen molar-refractivity contribution in [3.05, 3.63) is 47.5 Å². The average Bonchev–Trinajstić information content (AvgIpc) is 2.89. The number of fused-ring (bicyclic) bond motifs is 1. The zero-order valence-corrected chi connectivity index (χ0v) is 14.9. The summed E-state index contributed by atoms with van der Waals surface area (Å²) in [6, 6.07) is 9.48. The maximum atomic E-state index is 12.1. The van der Waals surface area contributed by atoms with Crippen LogP contribution in [0.25, 0.3) is 0 Å². The lowest BCUT2D eigenvalue weighted by molar-refractivity contribution is 0.373. The highest BCUT2D eigenvalue weighted by atomic mass is 32.2. The van der Waals surface area contributed by atoms with Crippen LogP contribution in [-0.2, 0) is 10.0 Å². The first-order valence-corrected chi connectivity index (χ1v) is 9.04. The van der Waals surface area contributed by atoms with Gasteiger partial charge in [0.2, 0.25) is 0 Å². The van der Waals surface area contributed by atoms with Gasteiger partial charge in [0.1, 0.15) is 5.75 Å². The first-order chi connectivity index (χ1) is 12.4. The third-order valence-corrected chi connectivity index (χ3v) is 5.13. The molecule has 0 unspecified atom stereocenters. The molecular weight excluding hydrogens is 358 g/mol. The normalized spacial score (nSPS) is 14.8. The number of ether oxygens (including phenoxy) is 2. The quantitative estimate of drug-likeness (QED) is 0.585. The SMILES string of the molecule is COc1ccc2c(c1)C(CN/N=C/c1ccc(O)c(OC)c1)=NS2(=O)=O. The molecule has 0 atom stereocenters. The number of rotatable bonds is 6. The Morgan fingerprint density at radius 1 is 1.19 bits per heavy atom. The van der Waals surface area contributed by atoms with E-state index in [-0.39, 0.29) is 17.2 Å². The highest BCUT2D eigenvalue weighted by Gasteiger charge is 2.28. The van der Waals surface area contributed by atoms with Crippen LogP contribution in [0.1, 0.15) is 11.1 Å². The number of methoxy groups -OCH3 is 2. The van der Waals surface area contributed by atoms with Crippen molar-refractivity contribution in [2.24, 2.45) is 9.50 Å². The fourth-order valence-corrected chi connectivity index (χ4v) is 3.72. The summed E-state index contributed by atoms with van der Waals surface area (Å²) >= 11 is 0. The lowest BCUT2D eigenvalue weighted by Gasteiger charge is -2.05. The largest absolute Gasteiger partial charge is 0.504 e. The van der Waals surface area contributed by atoms with Gasteiger partial charge in [-0.25, -0.2) is 0 Å². The molecule has 2 N–H and O–H groups in total. The molecule has 0 aliphatic carbocycles. The Morgan fingerprint density at radius 3 is 2.73 bits per heavy atom. The predicted octanol–water partition coefficient (Wildman–Crippen LogP) is 1.52. The summed E-state index contributed by atoms with van der Waals surface area (Å²) in [6.45, 7) is 0.130. The molecule has 8 nitrogen and oxygen atoms in total. The molecular formula is C17H17N3O5S. The Bertz CT molecular complexity index is 999. The Labute approximate surface area is 150 Å². The predicted molar refractivity (Wildman–Crippen MR) is 97.0 cm³/mol. The molecule has 0 radical (unpaired) electrons. The highest BCUT2D eigenvalue weighted by molar-refractivity contribution is 7.90. The van der Waals surface area contributed by atoms with Gasteiger partial charge in [0, 0.05) is 5.56 Å². The van der Waals surface area contributed by atoms with Crippen molar-refractivity contribution in [3.8, 4) is 17.2 Å². The van der Waals surface area contributed by atoms with Gasteiger partial charge in [0.05, 0.1) is 37.6 Å². The van der Waals surface area contributed by atoms with Gasteiger partial charge in [-0.05, 0) is 42.0 Å². The monoisotopic (exact) mass is 375 g/mol. The average molecular weight is 375 g/mol. The van der Waals surface area contributed by atoms with E-state index in [1.165, 1.54) is 32.6 Å². The van der Waals surface area contributed by atoms with Crippen molar-refractivity contribution in [1.82, 2.24) is 5.43 Å². The van der Waals surface area contributed by atoms with E-state index in [1.807, 2.05) is 0 Å². The molecule has 136 valence electrons. The molecule has 0 saturated carbocycles. The topological polar surface area (TPSA) is 110 Å². The summed E-state index contributed by atoms with van der Waals surface area (Å²) in [5.74, 6) is 0.920. The number of phenols is 1. The van der Waals surface area contributed by atoms with Crippen LogP contribution in [-0.4, -0.2) is 46.2 Å². The van der Waals surface area contributed by atoms with Gasteiger partial charge in [-0.15, -0.1) is 0 Å². The summed E-state index contributed by atoms with van der Waals surface area (Å²) in [4.78, 5) is 0.155. The molecule has 0 bridgehead atoms. The van der Waals surface area contributed by atoms with E-state index < -0.39 is 10.0 Å². The first-order valence-electron chi connectivity index (χ1n) is 7.60. The molecule has 0 saturated heterocycles. The maximum Gasteiger partial charge on any atom is 0.283 e. The van der Waals surface area contributed by atoms with Crippen LogP contribution in [0.15, 0.2) is 50.8 Å². The fraction of sp³-hybridized carbons (Fsp3) is 0.176. The Morgan fingerprint density at radius 2 is 2.00 bits per heavy atom. The fourth-order valence-electron chi connectivity index (χ4n) is 2.47. The number of hydrogen-bond acceptors (Lipinski definition) is 7. The van der Waals surface area contributed by atoms with Crippen LogP contribution >= 0.6 is 0 Å². The third kappa shape index (κ3) is 3.47. The Balaban J connectivity index is 1.73. The number of nitrogens with one attached hydrogen (secondary N) is 1. The van der Waals surface area contributed by atoms with Gasteiger partial charge in [-0.1, -0.05) is 0 Å². The minimum atomic E-state index is -3.69. The van der Waals surface area contributed by atoms with Crippen molar-refractivity contribution in [2.75, 3.05) is 20.8 Å². The molecule has 0 fully saturated rings. The molecule has 2 aromatic carbocycles. The van der Waals surface area contributed by atoms with Crippen molar-refractivity contribution in [2.45, 2.75) is 4.90 Å². The minimum absolute atomic E-state index is 0.0358. The molecule has 2 aromatic rings. The third-order valence-electron chi connectivity index (χ3n) is 3.76. The van der Waals surface area contributed by atoms with Crippen LogP contribution in [0.4, 0.5) is 0 Å². The lowest BCUT2D eigenvalue weighted by atomic mass is 10.1. The van der Waals surface area contributed by atoms with Crippen LogP contribution in [0, 0.1) is 0 Å². The van der Waals surface area contributed by atoms with Gasteiger partial charge in [-0.3, -0.25) is 0 Å². The molecule has 1 aliphatic heterocycles. The van der Waals surface area contributed by atoms with E-state index in [0.717, 1.165) is 0 Å². The van der Waals surface area contributed by atoms with Gasteiger partial charge in [-0.2, -0.15) is 17.9 Å². The van der Waals surface area contributed by atoms with Crippen molar-refractivity contribution >= 4 is 21.9 Å². The van der Waals surface area contributed by atoms with Gasteiger partial charge >= 0.3 is 0 Å². The first kappa shape index (κ1) is 17.7.